The third-order valence-corrected chi connectivity index (χ3v) is 4.86. The van der Waals surface area contributed by atoms with Crippen LogP contribution in [0, 0.1) is 11.8 Å². The van der Waals surface area contributed by atoms with Crippen LogP contribution in [0.1, 0.15) is 38.2 Å². The largest absolute Gasteiger partial charge is 0.494 e. The van der Waals surface area contributed by atoms with Gasteiger partial charge in [0.2, 0.25) is 5.91 Å². The third kappa shape index (κ3) is 7.39. The minimum Gasteiger partial charge on any atom is -0.494 e. The van der Waals surface area contributed by atoms with E-state index in [0.717, 1.165) is 30.6 Å². The minimum absolute atomic E-state index is 0. The standard InChI is InChI=1S/C20H30N2O4.ClH/c1-3-26-18-9-7-14(8-10-18)11-16(20(24)25-2)13-22-19(23)15-5-4-6-17(21)12-15;/h7-10,15-17H,3-6,11-13,21H2,1-2H3,(H,22,23);1H. The summed E-state index contributed by atoms with van der Waals surface area (Å²) < 4.78 is 10.3. The molecule has 1 aliphatic carbocycles. The van der Waals surface area contributed by atoms with Crippen molar-refractivity contribution < 1.29 is 19.1 Å². The smallest absolute Gasteiger partial charge is 0.310 e. The molecule has 1 aromatic carbocycles. The van der Waals surface area contributed by atoms with Gasteiger partial charge in [-0.2, -0.15) is 0 Å². The highest BCUT2D eigenvalue weighted by molar-refractivity contribution is 5.85. The average Bonchev–Trinajstić information content (AvgIpc) is 2.65. The molecular weight excluding hydrogens is 368 g/mol. The fourth-order valence-corrected chi connectivity index (χ4v) is 3.41. The van der Waals surface area contributed by atoms with Crippen molar-refractivity contribution in [1.82, 2.24) is 5.32 Å². The van der Waals surface area contributed by atoms with E-state index in [2.05, 4.69) is 5.32 Å². The van der Waals surface area contributed by atoms with Crippen LogP contribution in [0.3, 0.4) is 0 Å². The highest BCUT2D eigenvalue weighted by Crippen LogP contribution is 2.23. The lowest BCUT2D eigenvalue weighted by Gasteiger charge is -2.26. The second-order valence-corrected chi connectivity index (χ2v) is 6.87. The zero-order valence-corrected chi connectivity index (χ0v) is 16.9. The predicted octanol–water partition coefficient (Wildman–Crippen LogP) is 2.47. The molecule has 3 unspecified atom stereocenters. The Labute approximate surface area is 167 Å². The van der Waals surface area contributed by atoms with Gasteiger partial charge >= 0.3 is 5.97 Å². The second-order valence-electron chi connectivity index (χ2n) is 6.87. The van der Waals surface area contributed by atoms with Crippen LogP contribution in [0.5, 0.6) is 5.75 Å². The van der Waals surface area contributed by atoms with Crippen LogP contribution in [0.2, 0.25) is 0 Å². The first-order valence-corrected chi connectivity index (χ1v) is 9.36. The van der Waals surface area contributed by atoms with Gasteiger partial charge in [0, 0.05) is 18.5 Å². The zero-order chi connectivity index (χ0) is 18.9. The van der Waals surface area contributed by atoms with E-state index in [1.54, 1.807) is 0 Å². The molecule has 1 fully saturated rings. The maximum Gasteiger partial charge on any atom is 0.310 e. The molecule has 27 heavy (non-hydrogen) atoms. The number of halogens is 1. The Kier molecular flexibility index (Phi) is 10.2. The first kappa shape index (κ1) is 23.2. The van der Waals surface area contributed by atoms with E-state index in [1.165, 1.54) is 7.11 Å². The van der Waals surface area contributed by atoms with Gasteiger partial charge < -0.3 is 20.5 Å². The van der Waals surface area contributed by atoms with Crippen molar-refractivity contribution in [2.75, 3.05) is 20.3 Å². The number of benzene rings is 1. The summed E-state index contributed by atoms with van der Waals surface area (Å²) in [5.41, 5.74) is 6.96. The number of hydrogen-bond donors (Lipinski definition) is 2. The lowest BCUT2D eigenvalue weighted by atomic mass is 9.85. The maximum atomic E-state index is 12.4. The molecule has 0 aromatic heterocycles. The molecule has 0 spiro atoms. The number of carbonyl (C=O) groups excluding carboxylic acids is 2. The van der Waals surface area contributed by atoms with Gasteiger partial charge in [0.15, 0.2) is 0 Å². The highest BCUT2D eigenvalue weighted by Gasteiger charge is 2.27. The molecule has 1 saturated carbocycles. The summed E-state index contributed by atoms with van der Waals surface area (Å²) in [6.45, 7) is 2.81. The Morgan fingerprint density at radius 3 is 2.56 bits per heavy atom. The van der Waals surface area contributed by atoms with Crippen molar-refractivity contribution in [3.8, 4) is 5.75 Å². The van der Waals surface area contributed by atoms with Crippen LogP contribution in [0.25, 0.3) is 0 Å². The highest BCUT2D eigenvalue weighted by atomic mass is 35.5. The molecule has 1 amide bonds. The minimum atomic E-state index is -0.417. The first-order chi connectivity index (χ1) is 12.5. The summed E-state index contributed by atoms with van der Waals surface area (Å²) >= 11 is 0. The van der Waals surface area contributed by atoms with Gasteiger partial charge in [-0.15, -0.1) is 12.4 Å². The number of methoxy groups -OCH3 is 1. The van der Waals surface area contributed by atoms with Gasteiger partial charge in [-0.3, -0.25) is 9.59 Å². The molecule has 0 heterocycles. The number of esters is 1. The lowest BCUT2D eigenvalue weighted by molar-refractivity contribution is -0.145. The van der Waals surface area contributed by atoms with Crippen LogP contribution in [0.15, 0.2) is 24.3 Å². The van der Waals surface area contributed by atoms with Crippen LogP contribution in [-0.2, 0) is 20.7 Å². The van der Waals surface area contributed by atoms with Crippen LogP contribution in [0.4, 0.5) is 0 Å². The van der Waals surface area contributed by atoms with E-state index >= 15 is 0 Å². The van der Waals surface area contributed by atoms with E-state index in [9.17, 15) is 9.59 Å². The number of nitrogens with two attached hydrogens (primary N) is 1. The number of ether oxygens (including phenoxy) is 2. The van der Waals surface area contributed by atoms with Crippen molar-refractivity contribution in [1.29, 1.82) is 0 Å². The number of rotatable bonds is 8. The molecule has 0 bridgehead atoms. The van der Waals surface area contributed by atoms with Crippen molar-refractivity contribution >= 4 is 24.3 Å². The Balaban J connectivity index is 0.00000364. The molecule has 6 nitrogen and oxygen atoms in total. The van der Waals surface area contributed by atoms with Gasteiger partial charge in [0.25, 0.3) is 0 Å². The van der Waals surface area contributed by atoms with Crippen molar-refractivity contribution in [3.63, 3.8) is 0 Å². The summed E-state index contributed by atoms with van der Waals surface area (Å²) in [5.74, 6) is -0.00485. The Bertz CT molecular complexity index is 594. The molecule has 152 valence electrons. The van der Waals surface area contributed by atoms with E-state index < -0.39 is 5.92 Å². The summed E-state index contributed by atoms with van der Waals surface area (Å²) in [7, 11) is 1.37. The van der Waals surface area contributed by atoms with E-state index in [-0.39, 0.29) is 42.8 Å². The normalized spacial score (nSPS) is 20.1. The van der Waals surface area contributed by atoms with E-state index in [4.69, 9.17) is 15.2 Å². The molecule has 1 aliphatic rings. The van der Waals surface area contributed by atoms with Crippen molar-refractivity contribution in [2.45, 2.75) is 45.1 Å². The maximum absolute atomic E-state index is 12.4. The predicted molar refractivity (Wildman–Crippen MR) is 107 cm³/mol. The van der Waals surface area contributed by atoms with E-state index in [1.807, 2.05) is 31.2 Å². The van der Waals surface area contributed by atoms with E-state index in [0.29, 0.717) is 19.4 Å². The van der Waals surface area contributed by atoms with Crippen LogP contribution in [-0.4, -0.2) is 38.2 Å². The van der Waals surface area contributed by atoms with Gasteiger partial charge in [-0.05, 0) is 50.3 Å². The van der Waals surface area contributed by atoms with Crippen LogP contribution >= 0.6 is 12.4 Å². The zero-order valence-electron chi connectivity index (χ0n) is 16.1. The topological polar surface area (TPSA) is 90.6 Å². The van der Waals surface area contributed by atoms with Gasteiger partial charge in [0.1, 0.15) is 5.75 Å². The fourth-order valence-electron chi connectivity index (χ4n) is 3.41. The molecule has 1 aromatic rings. The number of hydrogen-bond acceptors (Lipinski definition) is 5. The molecule has 7 heteroatoms. The number of nitrogens with one attached hydrogen (secondary N) is 1. The van der Waals surface area contributed by atoms with Gasteiger partial charge in [-0.1, -0.05) is 18.6 Å². The monoisotopic (exact) mass is 398 g/mol. The number of carbonyl (C=O) groups is 2. The summed E-state index contributed by atoms with van der Waals surface area (Å²) in [6.07, 6.45) is 4.04. The fraction of sp³-hybridized carbons (Fsp3) is 0.600. The molecule has 3 atom stereocenters. The Morgan fingerprint density at radius 1 is 1.26 bits per heavy atom. The first-order valence-electron chi connectivity index (χ1n) is 9.36. The van der Waals surface area contributed by atoms with Gasteiger partial charge in [-0.25, -0.2) is 0 Å². The van der Waals surface area contributed by atoms with Gasteiger partial charge in [0.05, 0.1) is 19.6 Å². The van der Waals surface area contributed by atoms with Crippen LogP contribution < -0.4 is 15.8 Å². The molecule has 2 rings (SSSR count). The summed E-state index contributed by atoms with van der Waals surface area (Å²) in [5, 5.41) is 2.92. The lowest BCUT2D eigenvalue weighted by Crippen LogP contribution is -2.41. The second kappa shape index (κ2) is 11.8. The molecular formula is C20H31ClN2O4. The summed E-state index contributed by atoms with van der Waals surface area (Å²) in [4.78, 5) is 24.5. The molecule has 0 aliphatic heterocycles. The SMILES string of the molecule is CCOc1ccc(CC(CNC(=O)C2CCCC(N)C2)C(=O)OC)cc1.Cl. The molecule has 3 N–H and O–H groups in total. The average molecular weight is 399 g/mol. The third-order valence-electron chi connectivity index (χ3n) is 4.86. The van der Waals surface area contributed by atoms with Crippen molar-refractivity contribution in [2.24, 2.45) is 17.6 Å². The summed E-state index contributed by atoms with van der Waals surface area (Å²) in [6, 6.07) is 7.73. The Morgan fingerprint density at radius 2 is 1.96 bits per heavy atom. The number of amides is 1. The Hall–Kier alpha value is -1.79. The molecule has 0 radical (unpaired) electrons. The molecule has 0 saturated heterocycles. The van der Waals surface area contributed by atoms with Crippen molar-refractivity contribution in [3.05, 3.63) is 29.8 Å². The quantitative estimate of drug-likeness (QED) is 0.656.